The van der Waals surface area contributed by atoms with Gasteiger partial charge in [-0.3, -0.25) is 9.59 Å². The average molecular weight is 119 g/mol. The Bertz CT molecular complexity index is 89.1. The molecule has 0 heterocycles. The summed E-state index contributed by atoms with van der Waals surface area (Å²) in [6, 6.07) is 0. The number of carbonyl (C=O) groups is 2. The van der Waals surface area contributed by atoms with Crippen LogP contribution < -0.4 is 5.73 Å². The van der Waals surface area contributed by atoms with E-state index in [0.717, 1.165) is 0 Å². The van der Waals surface area contributed by atoms with Crippen LogP contribution >= 0.6 is 12.6 Å². The van der Waals surface area contributed by atoms with E-state index < -0.39 is 11.0 Å². The third kappa shape index (κ3) is 5.49. The van der Waals surface area contributed by atoms with Gasteiger partial charge in [0, 0.05) is 0 Å². The van der Waals surface area contributed by atoms with Crippen molar-refractivity contribution in [3.63, 3.8) is 0 Å². The summed E-state index contributed by atoms with van der Waals surface area (Å²) in [5.41, 5.74) is 4.58. The number of thiol groups is 1. The van der Waals surface area contributed by atoms with Gasteiger partial charge in [-0.2, -0.15) is 0 Å². The molecule has 0 saturated carbocycles. The fourth-order valence-electron chi connectivity index (χ4n) is 0.149. The van der Waals surface area contributed by atoms with Crippen LogP contribution in [0, 0.1) is 0 Å². The van der Waals surface area contributed by atoms with Crippen molar-refractivity contribution in [3.05, 3.63) is 0 Å². The molecule has 0 bridgehead atoms. The molecule has 4 heteroatoms. The van der Waals surface area contributed by atoms with Gasteiger partial charge in [0.05, 0.1) is 6.42 Å². The summed E-state index contributed by atoms with van der Waals surface area (Å²) in [6.45, 7) is 0. The molecule has 3 nitrogen and oxygen atoms in total. The Balaban J connectivity index is 3.32. The lowest BCUT2D eigenvalue weighted by Crippen LogP contribution is -2.12. The predicted octanol–water partition coefficient (Wildman–Crippen LogP) is -0.682. The molecule has 2 N–H and O–H groups in total. The first-order chi connectivity index (χ1) is 3.13. The predicted molar refractivity (Wildman–Crippen MR) is 27.8 cm³/mol. The van der Waals surface area contributed by atoms with Gasteiger partial charge in [0.2, 0.25) is 5.91 Å². The molecule has 0 rings (SSSR count). The molecule has 0 spiro atoms. The van der Waals surface area contributed by atoms with Gasteiger partial charge in [-0.05, 0) is 0 Å². The number of primary amides is 1. The first kappa shape index (κ1) is 6.49. The van der Waals surface area contributed by atoms with E-state index in [1.807, 2.05) is 0 Å². The van der Waals surface area contributed by atoms with E-state index in [0.29, 0.717) is 0 Å². The second-order valence-electron chi connectivity index (χ2n) is 1.04. The van der Waals surface area contributed by atoms with Crippen molar-refractivity contribution in [1.82, 2.24) is 0 Å². The Morgan fingerprint density at radius 3 is 2.00 bits per heavy atom. The van der Waals surface area contributed by atoms with E-state index in [1.165, 1.54) is 0 Å². The molecule has 0 fully saturated rings. The molecule has 0 aliphatic rings. The number of nitrogens with two attached hydrogens (primary N) is 1. The zero-order valence-corrected chi connectivity index (χ0v) is 4.44. The third-order valence-corrected chi connectivity index (χ3v) is 0.484. The van der Waals surface area contributed by atoms with E-state index in [1.54, 1.807) is 0 Å². The fraction of sp³-hybridized carbons (Fsp3) is 0.333. The monoisotopic (exact) mass is 119 g/mol. The Hall–Kier alpha value is -0.510. The maximum atomic E-state index is 9.82. The standard InChI is InChI=1S/C3H5NO2S/c4-2(5)1-3(6)7/h1H2,(H2,4,5)(H,6,7). The van der Waals surface area contributed by atoms with Crippen molar-refractivity contribution in [1.29, 1.82) is 0 Å². The molecule has 0 aliphatic carbocycles. The van der Waals surface area contributed by atoms with E-state index in [4.69, 9.17) is 0 Å². The van der Waals surface area contributed by atoms with Crippen LogP contribution in [0.15, 0.2) is 0 Å². The summed E-state index contributed by atoms with van der Waals surface area (Å²) in [4.78, 5) is 19.6. The molecule has 0 aromatic carbocycles. The molecule has 0 aromatic heterocycles. The highest BCUT2D eigenvalue weighted by molar-refractivity contribution is 7.96. The smallest absolute Gasteiger partial charge is 0.225 e. The number of rotatable bonds is 2. The second-order valence-corrected chi connectivity index (χ2v) is 1.54. The minimum absolute atomic E-state index is 0.275. The zero-order valence-electron chi connectivity index (χ0n) is 3.55. The maximum absolute atomic E-state index is 9.82. The number of hydrogen-bond donors (Lipinski definition) is 2. The second kappa shape index (κ2) is 2.63. The van der Waals surface area contributed by atoms with Crippen molar-refractivity contribution < 1.29 is 9.59 Å². The van der Waals surface area contributed by atoms with E-state index >= 15 is 0 Å². The van der Waals surface area contributed by atoms with Gasteiger partial charge in [-0.25, -0.2) is 0 Å². The molecule has 7 heavy (non-hydrogen) atoms. The molecular formula is C3H5NO2S. The first-order valence-corrected chi connectivity index (χ1v) is 2.07. The molecule has 1 amide bonds. The summed E-state index contributed by atoms with van der Waals surface area (Å²) < 4.78 is 0. The zero-order chi connectivity index (χ0) is 5.86. The van der Waals surface area contributed by atoms with Crippen LogP contribution in [-0.4, -0.2) is 11.0 Å². The van der Waals surface area contributed by atoms with Gasteiger partial charge < -0.3 is 5.73 Å². The lowest BCUT2D eigenvalue weighted by Gasteiger charge is -1.81. The summed E-state index contributed by atoms with van der Waals surface area (Å²) >= 11 is 3.30. The van der Waals surface area contributed by atoms with Crippen molar-refractivity contribution in [2.75, 3.05) is 0 Å². The van der Waals surface area contributed by atoms with Crippen LogP contribution in [0.4, 0.5) is 0 Å². The summed E-state index contributed by atoms with van der Waals surface area (Å²) in [5.74, 6) is -0.639. The summed E-state index contributed by atoms with van der Waals surface area (Å²) in [5, 5.41) is -0.493. The van der Waals surface area contributed by atoms with Crippen molar-refractivity contribution in [3.8, 4) is 0 Å². The van der Waals surface area contributed by atoms with E-state index in [-0.39, 0.29) is 6.42 Å². The minimum Gasteiger partial charge on any atom is -0.369 e. The number of hydrogen-bond acceptors (Lipinski definition) is 2. The lowest BCUT2D eigenvalue weighted by molar-refractivity contribution is -0.122. The highest BCUT2D eigenvalue weighted by Crippen LogP contribution is 1.82. The van der Waals surface area contributed by atoms with Crippen LogP contribution in [0.25, 0.3) is 0 Å². The lowest BCUT2D eigenvalue weighted by atomic mass is 10.5. The Morgan fingerprint density at radius 2 is 2.00 bits per heavy atom. The molecular weight excluding hydrogens is 114 g/mol. The van der Waals surface area contributed by atoms with Crippen LogP contribution in [0.5, 0.6) is 0 Å². The third-order valence-electron chi connectivity index (χ3n) is 0.325. The van der Waals surface area contributed by atoms with Crippen LogP contribution in [0.1, 0.15) is 6.42 Å². The Kier molecular flexibility index (Phi) is 2.44. The Morgan fingerprint density at radius 1 is 1.57 bits per heavy atom. The number of carbonyl (C=O) groups excluding carboxylic acids is 2. The van der Waals surface area contributed by atoms with Crippen LogP contribution in [-0.2, 0) is 9.59 Å². The topological polar surface area (TPSA) is 60.2 Å². The quantitative estimate of drug-likeness (QED) is 0.373. The average Bonchev–Trinajstić information content (AvgIpc) is 1.27. The molecule has 0 unspecified atom stereocenters. The summed E-state index contributed by atoms with van der Waals surface area (Å²) in [6.07, 6.45) is -0.275. The van der Waals surface area contributed by atoms with Gasteiger partial charge in [-0.1, -0.05) is 0 Å². The Labute approximate surface area is 46.3 Å². The first-order valence-electron chi connectivity index (χ1n) is 1.63. The van der Waals surface area contributed by atoms with Crippen molar-refractivity contribution >= 4 is 23.7 Å². The normalized spacial score (nSPS) is 8.14. The molecule has 40 valence electrons. The fourth-order valence-corrected chi connectivity index (χ4v) is 0.305. The molecule has 0 aliphatic heterocycles. The minimum atomic E-state index is -0.639. The van der Waals surface area contributed by atoms with Gasteiger partial charge in [-0.15, -0.1) is 12.6 Å². The molecule has 0 aromatic rings. The van der Waals surface area contributed by atoms with Gasteiger partial charge in [0.1, 0.15) is 0 Å². The highest BCUT2D eigenvalue weighted by Gasteiger charge is 1.96. The van der Waals surface area contributed by atoms with E-state index in [2.05, 4.69) is 18.4 Å². The van der Waals surface area contributed by atoms with Gasteiger partial charge in [0.25, 0.3) is 0 Å². The van der Waals surface area contributed by atoms with Crippen LogP contribution in [0.3, 0.4) is 0 Å². The summed E-state index contributed by atoms with van der Waals surface area (Å²) in [7, 11) is 0. The molecule has 0 saturated heterocycles. The van der Waals surface area contributed by atoms with Crippen molar-refractivity contribution in [2.45, 2.75) is 6.42 Å². The van der Waals surface area contributed by atoms with Crippen molar-refractivity contribution in [2.24, 2.45) is 5.73 Å². The highest BCUT2D eigenvalue weighted by atomic mass is 32.1. The van der Waals surface area contributed by atoms with Crippen LogP contribution in [0.2, 0.25) is 0 Å². The van der Waals surface area contributed by atoms with Gasteiger partial charge >= 0.3 is 0 Å². The number of amides is 1. The maximum Gasteiger partial charge on any atom is 0.225 e. The molecule has 0 atom stereocenters. The molecule has 0 radical (unpaired) electrons. The van der Waals surface area contributed by atoms with Gasteiger partial charge in [0.15, 0.2) is 5.12 Å². The largest absolute Gasteiger partial charge is 0.369 e. The van der Waals surface area contributed by atoms with E-state index in [9.17, 15) is 9.59 Å². The SMILES string of the molecule is NC(=O)CC(=O)S.